The second-order valence-electron chi connectivity index (χ2n) is 5.04. The molecule has 0 saturated carbocycles. The van der Waals surface area contributed by atoms with Crippen molar-refractivity contribution in [3.8, 4) is 0 Å². The van der Waals surface area contributed by atoms with Crippen LogP contribution in [-0.2, 0) is 6.61 Å². The predicted molar refractivity (Wildman–Crippen MR) is 85.3 cm³/mol. The molecule has 0 saturated heterocycles. The zero-order chi connectivity index (χ0) is 15.0. The highest BCUT2D eigenvalue weighted by atomic mass is 35.5. The minimum Gasteiger partial charge on any atom is -0.399 e. The fourth-order valence-electron chi connectivity index (χ4n) is 2.62. The zero-order valence-corrected chi connectivity index (χ0v) is 12.4. The van der Waals surface area contributed by atoms with Crippen LogP contribution in [0.5, 0.6) is 0 Å². The van der Waals surface area contributed by atoms with Crippen molar-refractivity contribution in [2.24, 2.45) is 0 Å². The number of nitrogens with two attached hydrogens (primary N) is 1. The van der Waals surface area contributed by atoms with E-state index in [9.17, 15) is 5.11 Å². The number of aliphatic hydroxyl groups is 1. The summed E-state index contributed by atoms with van der Waals surface area (Å²) in [6, 6.07) is 13.3. The molecule has 4 nitrogen and oxygen atoms in total. The van der Waals surface area contributed by atoms with Gasteiger partial charge in [0.1, 0.15) is 12.4 Å². The van der Waals surface area contributed by atoms with Crippen LogP contribution in [0.3, 0.4) is 0 Å². The molecular formula is C16H16ClN3O. The number of nitrogens with zero attached hydrogens (tertiary/aromatic N) is 2. The first-order valence-corrected chi connectivity index (χ1v) is 7.10. The van der Waals surface area contributed by atoms with E-state index < -0.39 is 0 Å². The van der Waals surface area contributed by atoms with Crippen LogP contribution in [0.2, 0.25) is 5.02 Å². The number of benzene rings is 2. The number of halogens is 1. The van der Waals surface area contributed by atoms with Crippen LogP contribution in [0.25, 0.3) is 11.0 Å². The van der Waals surface area contributed by atoms with E-state index in [0.29, 0.717) is 16.5 Å². The molecule has 0 aliphatic rings. The van der Waals surface area contributed by atoms with Crippen LogP contribution in [0.15, 0.2) is 42.5 Å². The Morgan fingerprint density at radius 2 is 2.10 bits per heavy atom. The molecule has 3 rings (SSSR count). The molecule has 5 heteroatoms. The Hall–Kier alpha value is -2.04. The number of fused-ring (bicyclic) bond motifs is 1. The Balaban J connectivity index is 2.18. The second-order valence-corrected chi connectivity index (χ2v) is 5.47. The summed E-state index contributed by atoms with van der Waals surface area (Å²) in [4.78, 5) is 4.46. The molecule has 3 N–H and O–H groups in total. The van der Waals surface area contributed by atoms with Gasteiger partial charge in [0.25, 0.3) is 0 Å². The SMILES string of the molecule is CC(c1cccc(Cl)c1)n1c(CO)nc2cc(N)ccc21. The predicted octanol–water partition coefficient (Wildman–Crippen LogP) is 3.37. The fraction of sp³-hybridized carbons (Fsp3) is 0.188. The third-order valence-corrected chi connectivity index (χ3v) is 3.88. The normalized spacial score (nSPS) is 12.7. The highest BCUT2D eigenvalue weighted by molar-refractivity contribution is 6.30. The summed E-state index contributed by atoms with van der Waals surface area (Å²) in [6.07, 6.45) is 0. The molecule has 1 aromatic heterocycles. The van der Waals surface area contributed by atoms with E-state index in [1.54, 1.807) is 0 Å². The van der Waals surface area contributed by atoms with Crippen molar-refractivity contribution in [3.63, 3.8) is 0 Å². The summed E-state index contributed by atoms with van der Waals surface area (Å²) < 4.78 is 2.01. The molecule has 2 aromatic carbocycles. The molecule has 1 unspecified atom stereocenters. The van der Waals surface area contributed by atoms with E-state index in [0.717, 1.165) is 16.6 Å². The van der Waals surface area contributed by atoms with E-state index >= 15 is 0 Å². The molecule has 0 fully saturated rings. The van der Waals surface area contributed by atoms with E-state index in [1.807, 2.05) is 47.0 Å². The number of hydrogen-bond acceptors (Lipinski definition) is 3. The largest absolute Gasteiger partial charge is 0.399 e. The topological polar surface area (TPSA) is 64.1 Å². The summed E-state index contributed by atoms with van der Waals surface area (Å²) in [7, 11) is 0. The van der Waals surface area contributed by atoms with Crippen LogP contribution in [-0.4, -0.2) is 14.7 Å². The molecule has 21 heavy (non-hydrogen) atoms. The minimum atomic E-state index is -0.126. The van der Waals surface area contributed by atoms with Crippen molar-refractivity contribution in [3.05, 3.63) is 58.9 Å². The molecule has 1 atom stereocenters. The monoisotopic (exact) mass is 301 g/mol. The van der Waals surface area contributed by atoms with Crippen LogP contribution in [0.4, 0.5) is 5.69 Å². The van der Waals surface area contributed by atoms with E-state index in [4.69, 9.17) is 17.3 Å². The van der Waals surface area contributed by atoms with Gasteiger partial charge in [-0.1, -0.05) is 23.7 Å². The molecule has 108 valence electrons. The van der Waals surface area contributed by atoms with Gasteiger partial charge < -0.3 is 15.4 Å². The average molecular weight is 302 g/mol. The number of aliphatic hydroxyl groups excluding tert-OH is 1. The van der Waals surface area contributed by atoms with Crippen molar-refractivity contribution >= 4 is 28.3 Å². The van der Waals surface area contributed by atoms with Gasteiger partial charge in [-0.2, -0.15) is 0 Å². The molecule has 0 amide bonds. The van der Waals surface area contributed by atoms with Gasteiger partial charge in [-0.15, -0.1) is 0 Å². The summed E-state index contributed by atoms with van der Waals surface area (Å²) in [5, 5.41) is 10.3. The summed E-state index contributed by atoms with van der Waals surface area (Å²) in [6.45, 7) is 1.93. The summed E-state index contributed by atoms with van der Waals surface area (Å²) >= 11 is 6.07. The highest BCUT2D eigenvalue weighted by Gasteiger charge is 2.17. The average Bonchev–Trinajstić information content (AvgIpc) is 2.83. The molecule has 0 spiro atoms. The van der Waals surface area contributed by atoms with Crippen molar-refractivity contribution in [2.75, 3.05) is 5.73 Å². The first kappa shape index (κ1) is 13.9. The van der Waals surface area contributed by atoms with Crippen molar-refractivity contribution in [1.82, 2.24) is 9.55 Å². The zero-order valence-electron chi connectivity index (χ0n) is 11.6. The Labute approximate surface area is 127 Å². The van der Waals surface area contributed by atoms with Gasteiger partial charge in [0, 0.05) is 10.7 Å². The van der Waals surface area contributed by atoms with Crippen LogP contribution < -0.4 is 5.73 Å². The van der Waals surface area contributed by atoms with Crippen molar-refractivity contribution < 1.29 is 5.11 Å². The molecule has 3 aromatic rings. The van der Waals surface area contributed by atoms with E-state index in [2.05, 4.69) is 11.9 Å². The molecule has 0 bridgehead atoms. The smallest absolute Gasteiger partial charge is 0.136 e. The van der Waals surface area contributed by atoms with Gasteiger partial charge in [-0.3, -0.25) is 0 Å². The molecular weight excluding hydrogens is 286 g/mol. The van der Waals surface area contributed by atoms with Gasteiger partial charge in [0.05, 0.1) is 17.1 Å². The number of anilines is 1. The fourth-order valence-corrected chi connectivity index (χ4v) is 2.82. The maximum Gasteiger partial charge on any atom is 0.136 e. The quantitative estimate of drug-likeness (QED) is 0.729. The Morgan fingerprint density at radius 1 is 1.29 bits per heavy atom. The van der Waals surface area contributed by atoms with Gasteiger partial charge in [-0.05, 0) is 42.8 Å². The lowest BCUT2D eigenvalue weighted by molar-refractivity contribution is 0.264. The molecule has 0 aliphatic heterocycles. The maximum absolute atomic E-state index is 9.60. The Morgan fingerprint density at radius 3 is 2.81 bits per heavy atom. The standard InChI is InChI=1S/C16H16ClN3O/c1-10(11-3-2-4-12(17)7-11)20-15-6-5-13(18)8-14(15)19-16(20)9-21/h2-8,10,21H,9,18H2,1H3. The minimum absolute atomic E-state index is 0.0134. The third-order valence-electron chi connectivity index (χ3n) is 3.65. The number of aromatic nitrogens is 2. The van der Waals surface area contributed by atoms with Gasteiger partial charge in [-0.25, -0.2) is 4.98 Å². The van der Waals surface area contributed by atoms with Crippen molar-refractivity contribution in [1.29, 1.82) is 0 Å². The Kier molecular flexibility index (Phi) is 3.57. The number of hydrogen-bond donors (Lipinski definition) is 2. The van der Waals surface area contributed by atoms with E-state index in [-0.39, 0.29) is 12.6 Å². The first-order valence-electron chi connectivity index (χ1n) is 6.73. The van der Waals surface area contributed by atoms with Crippen LogP contribution in [0.1, 0.15) is 24.4 Å². The van der Waals surface area contributed by atoms with Crippen LogP contribution >= 0.6 is 11.6 Å². The van der Waals surface area contributed by atoms with Crippen molar-refractivity contribution in [2.45, 2.75) is 19.6 Å². The lowest BCUT2D eigenvalue weighted by Gasteiger charge is -2.18. The summed E-state index contributed by atoms with van der Waals surface area (Å²) in [5.41, 5.74) is 9.26. The molecule has 0 radical (unpaired) electrons. The number of rotatable bonds is 3. The lowest BCUT2D eigenvalue weighted by Crippen LogP contribution is -2.10. The first-order chi connectivity index (χ1) is 10.1. The third kappa shape index (κ3) is 2.48. The number of nitrogen functional groups attached to an aromatic ring is 1. The molecule has 0 aliphatic carbocycles. The van der Waals surface area contributed by atoms with Gasteiger partial charge in [0.2, 0.25) is 0 Å². The number of imidazole rings is 1. The maximum atomic E-state index is 9.60. The highest BCUT2D eigenvalue weighted by Crippen LogP contribution is 2.28. The van der Waals surface area contributed by atoms with Gasteiger partial charge >= 0.3 is 0 Å². The lowest BCUT2D eigenvalue weighted by atomic mass is 10.1. The second kappa shape index (κ2) is 5.39. The molecule has 1 heterocycles. The van der Waals surface area contributed by atoms with E-state index in [1.165, 1.54) is 0 Å². The summed E-state index contributed by atoms with van der Waals surface area (Å²) in [5.74, 6) is 0.614. The Bertz CT molecular complexity index is 797. The van der Waals surface area contributed by atoms with Crippen LogP contribution in [0, 0.1) is 0 Å². The van der Waals surface area contributed by atoms with Gasteiger partial charge in [0.15, 0.2) is 0 Å².